The Labute approximate surface area is 204 Å². The van der Waals surface area contributed by atoms with Gasteiger partial charge in [0.25, 0.3) is 0 Å². The van der Waals surface area contributed by atoms with Crippen LogP contribution in [0.5, 0.6) is 0 Å². The van der Waals surface area contributed by atoms with Crippen molar-refractivity contribution >= 4 is 23.2 Å². The first kappa shape index (κ1) is 24.6. The summed E-state index contributed by atoms with van der Waals surface area (Å²) in [6.07, 6.45) is 1.62. The van der Waals surface area contributed by atoms with E-state index in [9.17, 15) is 18.7 Å². The first-order valence-electron chi connectivity index (χ1n) is 11.5. The molecule has 3 atom stereocenters. The number of hydrogen-bond acceptors (Lipinski definition) is 3. The highest BCUT2D eigenvalue weighted by atomic mass is 35.5. The number of benzene rings is 2. The van der Waals surface area contributed by atoms with Crippen molar-refractivity contribution in [3.63, 3.8) is 0 Å². The Morgan fingerprint density at radius 3 is 2.71 bits per heavy atom. The molecule has 2 unspecified atom stereocenters. The van der Waals surface area contributed by atoms with E-state index in [1.807, 2.05) is 42.3 Å². The monoisotopic (exact) mass is 489 g/mol. The molecule has 0 radical (unpaired) electrons. The SMILES string of the molecule is CN1CCC(N(C)C(=O)N2CC(c3cc(Cl)ccc3F)=C[C@@]2(CO)c2ccccc2)CC(F)C1. The van der Waals surface area contributed by atoms with Crippen LogP contribution in [0.25, 0.3) is 5.57 Å². The Bertz CT molecular complexity index is 1070. The van der Waals surface area contributed by atoms with E-state index in [0.717, 1.165) is 0 Å². The number of carbonyl (C=O) groups excluding carboxylic acids is 1. The zero-order chi connectivity index (χ0) is 24.5. The summed E-state index contributed by atoms with van der Waals surface area (Å²) in [6, 6.07) is 12.9. The second-order valence-electron chi connectivity index (χ2n) is 9.26. The molecule has 0 aliphatic carbocycles. The molecule has 0 spiro atoms. The highest BCUT2D eigenvalue weighted by molar-refractivity contribution is 6.30. The standard InChI is InChI=1S/C26H30ClF2N3O2/c1-30-11-10-22(13-21(28)16-30)31(2)25(34)32-15-18(23-12-20(27)8-9-24(23)29)14-26(32,17-33)19-6-4-3-5-7-19/h3-9,12,14,21-22,33H,10-11,13,15-17H2,1-2H3/t21?,22?,26-/m1/s1. The molecule has 0 bridgehead atoms. The van der Waals surface area contributed by atoms with Gasteiger partial charge in [0.15, 0.2) is 0 Å². The minimum absolute atomic E-state index is 0.0849. The van der Waals surface area contributed by atoms with Crippen molar-refractivity contribution in [2.45, 2.75) is 30.6 Å². The minimum atomic E-state index is -1.19. The average Bonchev–Trinajstić information content (AvgIpc) is 3.14. The maximum absolute atomic E-state index is 14.8. The Kier molecular flexibility index (Phi) is 7.26. The molecule has 4 rings (SSSR count). The average molecular weight is 490 g/mol. The van der Waals surface area contributed by atoms with Gasteiger partial charge < -0.3 is 19.8 Å². The number of halogens is 3. The Hall–Kier alpha value is -2.48. The second kappa shape index (κ2) is 10.0. The maximum atomic E-state index is 14.8. The van der Waals surface area contributed by atoms with E-state index in [4.69, 9.17) is 11.6 Å². The van der Waals surface area contributed by atoms with Gasteiger partial charge in [-0.3, -0.25) is 0 Å². The molecule has 2 aromatic carbocycles. The molecule has 2 aliphatic rings. The molecule has 8 heteroatoms. The summed E-state index contributed by atoms with van der Waals surface area (Å²) in [7, 11) is 3.55. The van der Waals surface area contributed by atoms with Crippen molar-refractivity contribution in [3.8, 4) is 0 Å². The van der Waals surface area contributed by atoms with Gasteiger partial charge in [0, 0.05) is 43.2 Å². The Morgan fingerprint density at radius 1 is 1.26 bits per heavy atom. The summed E-state index contributed by atoms with van der Waals surface area (Å²) in [4.78, 5) is 18.9. The van der Waals surface area contributed by atoms with Gasteiger partial charge in [-0.2, -0.15) is 0 Å². The molecule has 1 saturated heterocycles. The first-order chi connectivity index (χ1) is 16.2. The number of carbonyl (C=O) groups is 1. The number of aliphatic hydroxyl groups excluding tert-OH is 1. The van der Waals surface area contributed by atoms with E-state index < -0.39 is 17.5 Å². The summed E-state index contributed by atoms with van der Waals surface area (Å²) >= 11 is 6.14. The summed E-state index contributed by atoms with van der Waals surface area (Å²) in [5.74, 6) is -0.453. The topological polar surface area (TPSA) is 47.0 Å². The fourth-order valence-electron chi connectivity index (χ4n) is 5.04. The third-order valence-corrected chi connectivity index (χ3v) is 7.21. The van der Waals surface area contributed by atoms with Crippen LogP contribution in [0.15, 0.2) is 54.6 Å². The van der Waals surface area contributed by atoms with Crippen LogP contribution in [0.2, 0.25) is 5.02 Å². The lowest BCUT2D eigenvalue weighted by Crippen LogP contribution is -2.54. The van der Waals surface area contributed by atoms with E-state index in [2.05, 4.69) is 0 Å². The van der Waals surface area contributed by atoms with Crippen molar-refractivity contribution in [1.82, 2.24) is 14.7 Å². The lowest BCUT2D eigenvalue weighted by atomic mass is 9.89. The third kappa shape index (κ3) is 4.69. The lowest BCUT2D eigenvalue weighted by Gasteiger charge is -2.41. The van der Waals surface area contributed by atoms with Gasteiger partial charge in [0.2, 0.25) is 0 Å². The third-order valence-electron chi connectivity index (χ3n) is 6.97. The van der Waals surface area contributed by atoms with E-state index in [-0.39, 0.29) is 31.6 Å². The molecule has 2 aliphatic heterocycles. The quantitative estimate of drug-likeness (QED) is 0.685. The largest absolute Gasteiger partial charge is 0.393 e. The van der Waals surface area contributed by atoms with Crippen LogP contribution >= 0.6 is 11.6 Å². The van der Waals surface area contributed by atoms with E-state index in [0.29, 0.717) is 41.2 Å². The van der Waals surface area contributed by atoms with Gasteiger partial charge in [0.05, 0.1) is 6.61 Å². The highest BCUT2D eigenvalue weighted by Gasteiger charge is 2.46. The Balaban J connectivity index is 1.73. The molecule has 182 valence electrons. The fraction of sp³-hybridized carbons (Fsp3) is 0.423. The predicted molar refractivity (Wildman–Crippen MR) is 130 cm³/mol. The van der Waals surface area contributed by atoms with Crippen molar-refractivity contribution < 1.29 is 18.7 Å². The number of aliphatic hydroxyl groups is 1. The summed E-state index contributed by atoms with van der Waals surface area (Å²) < 4.78 is 29.3. The number of rotatable bonds is 4. The zero-order valence-corrected chi connectivity index (χ0v) is 20.2. The van der Waals surface area contributed by atoms with E-state index in [1.54, 1.807) is 22.9 Å². The van der Waals surface area contributed by atoms with Gasteiger partial charge in [-0.05, 0) is 55.4 Å². The Morgan fingerprint density at radius 2 is 2.00 bits per heavy atom. The van der Waals surface area contributed by atoms with Crippen LogP contribution in [0.3, 0.4) is 0 Å². The van der Waals surface area contributed by atoms with Gasteiger partial charge in [-0.15, -0.1) is 0 Å². The molecule has 1 fully saturated rings. The molecule has 34 heavy (non-hydrogen) atoms. The lowest BCUT2D eigenvalue weighted by molar-refractivity contribution is 0.0758. The van der Waals surface area contributed by atoms with Gasteiger partial charge in [-0.25, -0.2) is 13.6 Å². The second-order valence-corrected chi connectivity index (χ2v) is 9.70. The number of amides is 2. The van der Waals surface area contributed by atoms with Crippen LogP contribution < -0.4 is 0 Å². The predicted octanol–water partition coefficient (Wildman–Crippen LogP) is 4.55. The zero-order valence-electron chi connectivity index (χ0n) is 19.4. The van der Waals surface area contributed by atoms with Gasteiger partial charge in [-0.1, -0.05) is 41.9 Å². The molecule has 2 aromatic rings. The van der Waals surface area contributed by atoms with Crippen LogP contribution in [0.4, 0.5) is 13.6 Å². The highest BCUT2D eigenvalue weighted by Crippen LogP contribution is 2.42. The maximum Gasteiger partial charge on any atom is 0.321 e. The molecular weight excluding hydrogens is 460 g/mol. The van der Waals surface area contributed by atoms with Crippen molar-refractivity contribution in [2.75, 3.05) is 40.3 Å². The van der Waals surface area contributed by atoms with Crippen molar-refractivity contribution in [3.05, 3.63) is 76.6 Å². The summed E-state index contributed by atoms with van der Waals surface area (Å²) in [5.41, 5.74) is 0.372. The van der Waals surface area contributed by atoms with Gasteiger partial charge in [0.1, 0.15) is 17.5 Å². The molecule has 2 heterocycles. The van der Waals surface area contributed by atoms with E-state index >= 15 is 0 Å². The van der Waals surface area contributed by atoms with Crippen molar-refractivity contribution in [1.29, 1.82) is 0 Å². The number of hydrogen-bond donors (Lipinski definition) is 1. The van der Waals surface area contributed by atoms with Crippen LogP contribution in [0.1, 0.15) is 24.0 Å². The van der Waals surface area contributed by atoms with E-state index in [1.165, 1.54) is 18.2 Å². The first-order valence-corrected chi connectivity index (χ1v) is 11.8. The molecule has 0 saturated carbocycles. The van der Waals surface area contributed by atoms with Crippen LogP contribution in [-0.4, -0.2) is 78.4 Å². The molecule has 2 amide bonds. The fourth-order valence-corrected chi connectivity index (χ4v) is 5.21. The van der Waals surface area contributed by atoms with Crippen molar-refractivity contribution in [2.24, 2.45) is 0 Å². The summed E-state index contributed by atoms with van der Waals surface area (Å²) in [6.45, 7) is 0.722. The number of likely N-dealkylation sites (tertiary alicyclic amines) is 1. The molecule has 1 N–H and O–H groups in total. The number of alkyl halides is 1. The number of nitrogens with zero attached hydrogens (tertiary/aromatic N) is 3. The molecule has 5 nitrogen and oxygen atoms in total. The molecule has 0 aromatic heterocycles. The normalized spacial score (nSPS) is 25.7. The van der Waals surface area contributed by atoms with Gasteiger partial charge >= 0.3 is 6.03 Å². The minimum Gasteiger partial charge on any atom is -0.393 e. The van der Waals surface area contributed by atoms with Crippen LogP contribution in [-0.2, 0) is 5.54 Å². The smallest absolute Gasteiger partial charge is 0.321 e. The number of urea groups is 1. The van der Waals surface area contributed by atoms with Crippen LogP contribution in [0, 0.1) is 5.82 Å². The molecular formula is C26H30ClF2N3O2. The summed E-state index contributed by atoms with van der Waals surface area (Å²) in [5, 5.41) is 11.0.